The van der Waals surface area contributed by atoms with Gasteiger partial charge in [-0.15, -0.1) is 11.3 Å². The highest BCUT2D eigenvalue weighted by Crippen LogP contribution is 2.25. The molecule has 0 radical (unpaired) electrons. The smallest absolute Gasteiger partial charge is 0.407 e. The number of amides is 2. The van der Waals surface area contributed by atoms with Crippen molar-refractivity contribution in [2.24, 2.45) is 0 Å². The fourth-order valence-corrected chi connectivity index (χ4v) is 2.94. The Morgan fingerprint density at radius 2 is 1.84 bits per heavy atom. The number of carbonyl (C=O) groups is 2. The number of alkyl carbamates (subject to hydrolysis) is 1. The van der Waals surface area contributed by atoms with Gasteiger partial charge in [-0.05, 0) is 18.4 Å². The van der Waals surface area contributed by atoms with Crippen molar-refractivity contribution < 1.29 is 14.3 Å². The molecule has 1 aromatic heterocycles. The number of nitrogens with zero attached hydrogens (tertiary/aromatic N) is 1. The summed E-state index contributed by atoms with van der Waals surface area (Å²) in [6, 6.07) is 8.22. The van der Waals surface area contributed by atoms with Crippen LogP contribution in [0.2, 0.25) is 0 Å². The van der Waals surface area contributed by atoms with Crippen LogP contribution >= 0.6 is 11.3 Å². The van der Waals surface area contributed by atoms with E-state index >= 15 is 0 Å². The summed E-state index contributed by atoms with van der Waals surface area (Å²) >= 11 is 1.43. The van der Waals surface area contributed by atoms with Crippen LogP contribution < -0.4 is 10.6 Å². The van der Waals surface area contributed by atoms with Gasteiger partial charge >= 0.3 is 6.09 Å². The van der Waals surface area contributed by atoms with Crippen molar-refractivity contribution in [2.45, 2.75) is 26.7 Å². The maximum atomic E-state index is 12.1. The molecule has 0 aliphatic carbocycles. The Morgan fingerprint density at radius 1 is 1.16 bits per heavy atom. The minimum absolute atomic E-state index is 0.257. The van der Waals surface area contributed by atoms with E-state index in [2.05, 4.69) is 41.6 Å². The molecule has 2 aromatic rings. The number of thiazole rings is 1. The first-order valence-electron chi connectivity index (χ1n) is 8.26. The zero-order valence-corrected chi connectivity index (χ0v) is 15.5. The number of hydrogen-bond donors (Lipinski definition) is 2. The standard InChI is InChI=1S/C18H23N3O3S/c1-4-24-18(23)20-10-9-19-16(22)15-11-25-17(21-15)14-7-5-13(6-8-14)12(2)3/h5-8,11-12H,4,9-10H2,1-3H3,(H,19,22)(H,20,23). The second-order valence-corrected chi connectivity index (χ2v) is 6.58. The molecule has 1 heterocycles. The summed E-state index contributed by atoms with van der Waals surface area (Å²) in [7, 11) is 0. The van der Waals surface area contributed by atoms with E-state index in [0.29, 0.717) is 31.3 Å². The lowest BCUT2D eigenvalue weighted by Crippen LogP contribution is -2.35. The summed E-state index contributed by atoms with van der Waals surface area (Å²) in [5, 5.41) is 7.81. The van der Waals surface area contributed by atoms with Gasteiger partial charge in [0.15, 0.2) is 0 Å². The third kappa shape index (κ3) is 5.56. The van der Waals surface area contributed by atoms with Crippen LogP contribution in [0.3, 0.4) is 0 Å². The monoisotopic (exact) mass is 361 g/mol. The third-order valence-electron chi connectivity index (χ3n) is 3.52. The van der Waals surface area contributed by atoms with E-state index in [0.717, 1.165) is 10.6 Å². The zero-order valence-electron chi connectivity index (χ0n) is 14.7. The maximum absolute atomic E-state index is 12.1. The van der Waals surface area contributed by atoms with E-state index in [9.17, 15) is 9.59 Å². The molecule has 0 bridgehead atoms. The molecule has 134 valence electrons. The van der Waals surface area contributed by atoms with Crippen molar-refractivity contribution >= 4 is 23.3 Å². The molecular formula is C18H23N3O3S. The molecule has 0 unspecified atom stereocenters. The Labute approximate surface area is 151 Å². The second kappa shape index (κ2) is 9.17. The number of nitrogens with one attached hydrogen (secondary N) is 2. The number of rotatable bonds is 7. The van der Waals surface area contributed by atoms with Crippen molar-refractivity contribution in [3.8, 4) is 10.6 Å². The summed E-state index contributed by atoms with van der Waals surface area (Å²) in [6.45, 7) is 6.97. The number of ether oxygens (including phenoxy) is 1. The lowest BCUT2D eigenvalue weighted by atomic mass is 10.0. The number of carbonyl (C=O) groups excluding carboxylic acids is 2. The van der Waals surface area contributed by atoms with E-state index in [1.165, 1.54) is 16.9 Å². The SMILES string of the molecule is CCOC(=O)NCCNC(=O)c1csc(-c2ccc(C(C)C)cc2)n1. The van der Waals surface area contributed by atoms with E-state index < -0.39 is 6.09 Å². The Hall–Kier alpha value is -2.41. The van der Waals surface area contributed by atoms with Gasteiger partial charge in [0.2, 0.25) is 0 Å². The van der Waals surface area contributed by atoms with Gasteiger partial charge in [-0.1, -0.05) is 38.1 Å². The van der Waals surface area contributed by atoms with Gasteiger partial charge in [0, 0.05) is 24.0 Å². The van der Waals surface area contributed by atoms with Crippen molar-refractivity contribution in [2.75, 3.05) is 19.7 Å². The molecule has 0 saturated heterocycles. The number of hydrogen-bond acceptors (Lipinski definition) is 5. The van der Waals surface area contributed by atoms with Crippen molar-refractivity contribution in [3.05, 3.63) is 40.9 Å². The topological polar surface area (TPSA) is 80.3 Å². The molecule has 0 atom stereocenters. The lowest BCUT2D eigenvalue weighted by molar-refractivity contribution is 0.0948. The van der Waals surface area contributed by atoms with E-state index in [1.807, 2.05) is 12.1 Å². The molecule has 0 fully saturated rings. The van der Waals surface area contributed by atoms with E-state index in [4.69, 9.17) is 4.74 Å². The van der Waals surface area contributed by atoms with Crippen molar-refractivity contribution in [1.82, 2.24) is 15.6 Å². The zero-order chi connectivity index (χ0) is 18.2. The quantitative estimate of drug-likeness (QED) is 0.741. The minimum atomic E-state index is -0.488. The number of benzene rings is 1. The Balaban J connectivity index is 1.87. The molecule has 2 amide bonds. The van der Waals surface area contributed by atoms with Gasteiger partial charge in [-0.2, -0.15) is 0 Å². The summed E-state index contributed by atoms with van der Waals surface area (Å²) in [6.07, 6.45) is -0.488. The average molecular weight is 361 g/mol. The minimum Gasteiger partial charge on any atom is -0.450 e. The van der Waals surface area contributed by atoms with Crippen LogP contribution in [-0.4, -0.2) is 36.7 Å². The highest BCUT2D eigenvalue weighted by molar-refractivity contribution is 7.13. The second-order valence-electron chi connectivity index (χ2n) is 5.72. The highest BCUT2D eigenvalue weighted by Gasteiger charge is 2.12. The molecule has 0 aliphatic heterocycles. The number of aromatic nitrogens is 1. The first kappa shape index (κ1) is 18.9. The van der Waals surface area contributed by atoms with Gasteiger partial charge in [-0.25, -0.2) is 9.78 Å². The van der Waals surface area contributed by atoms with E-state index in [1.54, 1.807) is 12.3 Å². The summed E-state index contributed by atoms with van der Waals surface area (Å²) in [5.74, 6) is 0.224. The molecule has 2 N–H and O–H groups in total. The Bertz CT molecular complexity index is 711. The summed E-state index contributed by atoms with van der Waals surface area (Å²) < 4.78 is 4.74. The predicted molar refractivity (Wildman–Crippen MR) is 99.0 cm³/mol. The molecule has 2 rings (SSSR count). The van der Waals surface area contributed by atoms with Crippen molar-refractivity contribution in [1.29, 1.82) is 0 Å². The highest BCUT2D eigenvalue weighted by atomic mass is 32.1. The fraction of sp³-hybridized carbons (Fsp3) is 0.389. The molecule has 25 heavy (non-hydrogen) atoms. The Kier molecular flexibility index (Phi) is 6.94. The van der Waals surface area contributed by atoms with Gasteiger partial charge in [0.1, 0.15) is 10.7 Å². The molecule has 6 nitrogen and oxygen atoms in total. The predicted octanol–water partition coefficient (Wildman–Crippen LogP) is 3.41. The molecular weight excluding hydrogens is 338 g/mol. The Morgan fingerprint density at radius 3 is 2.48 bits per heavy atom. The van der Waals surface area contributed by atoms with Crippen LogP contribution in [0.5, 0.6) is 0 Å². The largest absolute Gasteiger partial charge is 0.450 e. The molecule has 1 aromatic carbocycles. The molecule has 0 saturated carbocycles. The van der Waals surface area contributed by atoms with Crippen LogP contribution in [0.15, 0.2) is 29.6 Å². The van der Waals surface area contributed by atoms with Gasteiger partial charge in [0.25, 0.3) is 5.91 Å². The fourth-order valence-electron chi connectivity index (χ4n) is 2.13. The van der Waals surface area contributed by atoms with Gasteiger partial charge < -0.3 is 15.4 Å². The first-order chi connectivity index (χ1) is 12.0. The lowest BCUT2D eigenvalue weighted by Gasteiger charge is -2.06. The molecule has 0 spiro atoms. The van der Waals surface area contributed by atoms with Crippen LogP contribution in [0.4, 0.5) is 4.79 Å². The third-order valence-corrected chi connectivity index (χ3v) is 4.41. The van der Waals surface area contributed by atoms with Gasteiger partial charge in [0.05, 0.1) is 6.61 Å². The van der Waals surface area contributed by atoms with E-state index in [-0.39, 0.29) is 5.91 Å². The summed E-state index contributed by atoms with van der Waals surface area (Å²) in [4.78, 5) is 27.6. The first-order valence-corrected chi connectivity index (χ1v) is 9.14. The van der Waals surface area contributed by atoms with Crippen LogP contribution in [0, 0.1) is 0 Å². The normalized spacial score (nSPS) is 10.6. The average Bonchev–Trinajstić information content (AvgIpc) is 3.09. The summed E-state index contributed by atoms with van der Waals surface area (Å²) in [5.41, 5.74) is 2.65. The van der Waals surface area contributed by atoms with Gasteiger partial charge in [-0.3, -0.25) is 4.79 Å². The maximum Gasteiger partial charge on any atom is 0.407 e. The van der Waals surface area contributed by atoms with Crippen LogP contribution in [0.25, 0.3) is 10.6 Å². The molecule has 7 heteroatoms. The van der Waals surface area contributed by atoms with Crippen LogP contribution in [0.1, 0.15) is 42.7 Å². The molecule has 0 aliphatic rings. The van der Waals surface area contributed by atoms with Crippen molar-refractivity contribution in [3.63, 3.8) is 0 Å². The van der Waals surface area contributed by atoms with Crippen LogP contribution in [-0.2, 0) is 4.74 Å².